The monoisotopic (exact) mass is 463 g/mol. The highest BCUT2D eigenvalue weighted by atomic mass is 35.5. The van der Waals surface area contributed by atoms with Gasteiger partial charge in [-0.05, 0) is 48.2 Å². The largest absolute Gasteiger partial charge is 0.504 e. The molecule has 1 aliphatic rings. The van der Waals surface area contributed by atoms with Crippen molar-refractivity contribution in [2.75, 3.05) is 13.7 Å². The molecule has 0 aliphatic heterocycles. The maximum atomic E-state index is 12.6. The van der Waals surface area contributed by atoms with E-state index in [4.69, 9.17) is 21.1 Å². The van der Waals surface area contributed by atoms with Crippen LogP contribution in [0.15, 0.2) is 65.5 Å². The highest BCUT2D eigenvalue weighted by molar-refractivity contribution is 6.34. The molecule has 1 saturated carbocycles. The van der Waals surface area contributed by atoms with Crippen LogP contribution in [0.25, 0.3) is 22.0 Å². The van der Waals surface area contributed by atoms with Crippen molar-refractivity contribution in [1.82, 2.24) is 4.98 Å². The number of aliphatic hydroxyl groups is 1. The number of methoxy groups -OCH3 is 1. The standard InChI is InChI=1S/C26H22ClNO5/c1-32-21-4-2-3-5-22(21)33-24-23(30)18-12-17(19(27)13-20(18)28-25(24)31)15-6-8-16(9-7-15)26(14-29)10-11-26/h2-9,12-13,29H,10-11,14H2,1H3,(H2,28,30,31). The highest BCUT2D eigenvalue weighted by Crippen LogP contribution is 2.48. The van der Waals surface area contributed by atoms with E-state index in [0.717, 1.165) is 24.0 Å². The molecular weight excluding hydrogens is 442 g/mol. The minimum atomic E-state index is -0.585. The molecule has 1 aromatic heterocycles. The van der Waals surface area contributed by atoms with Crippen LogP contribution in [0.3, 0.4) is 0 Å². The van der Waals surface area contributed by atoms with Gasteiger partial charge in [0.05, 0.1) is 24.3 Å². The van der Waals surface area contributed by atoms with Crippen LogP contribution in [-0.2, 0) is 5.41 Å². The Balaban J connectivity index is 1.58. The second-order valence-electron chi connectivity index (χ2n) is 8.28. The molecule has 6 nitrogen and oxygen atoms in total. The molecule has 0 amide bonds. The number of aliphatic hydroxyl groups excluding tert-OH is 1. The molecule has 0 unspecified atom stereocenters. The summed E-state index contributed by atoms with van der Waals surface area (Å²) in [6, 6.07) is 18.1. The van der Waals surface area contributed by atoms with Crippen molar-refractivity contribution < 1.29 is 19.7 Å². The molecule has 3 aromatic carbocycles. The smallest absolute Gasteiger partial charge is 0.295 e. The van der Waals surface area contributed by atoms with Gasteiger partial charge in [-0.3, -0.25) is 4.79 Å². The average Bonchev–Trinajstić information content (AvgIpc) is 3.63. The van der Waals surface area contributed by atoms with Crippen molar-refractivity contribution in [2.45, 2.75) is 18.3 Å². The van der Waals surface area contributed by atoms with Crippen molar-refractivity contribution >= 4 is 22.5 Å². The van der Waals surface area contributed by atoms with E-state index in [2.05, 4.69) is 4.98 Å². The zero-order valence-electron chi connectivity index (χ0n) is 17.9. The summed E-state index contributed by atoms with van der Waals surface area (Å²) >= 11 is 6.53. The summed E-state index contributed by atoms with van der Waals surface area (Å²) in [6.07, 6.45) is 1.96. The van der Waals surface area contributed by atoms with Gasteiger partial charge in [-0.25, -0.2) is 0 Å². The molecule has 0 saturated heterocycles. The van der Waals surface area contributed by atoms with Gasteiger partial charge in [-0.15, -0.1) is 0 Å². The first-order chi connectivity index (χ1) is 16.0. The van der Waals surface area contributed by atoms with Gasteiger partial charge in [0.25, 0.3) is 5.56 Å². The maximum Gasteiger partial charge on any atom is 0.295 e. The molecular formula is C26H22ClNO5. The lowest BCUT2D eigenvalue weighted by Gasteiger charge is -2.15. The number of benzene rings is 3. The SMILES string of the molecule is COc1ccccc1Oc1c(O)c2cc(-c3ccc(C4(CO)CC4)cc3)c(Cl)cc2[nH]c1=O. The van der Waals surface area contributed by atoms with Gasteiger partial charge in [0.1, 0.15) is 0 Å². The van der Waals surface area contributed by atoms with Crippen molar-refractivity contribution in [2.24, 2.45) is 0 Å². The molecule has 7 heteroatoms. The fourth-order valence-electron chi connectivity index (χ4n) is 4.10. The number of aromatic amines is 1. The van der Waals surface area contributed by atoms with E-state index in [1.165, 1.54) is 7.11 Å². The minimum Gasteiger partial charge on any atom is -0.504 e. The quantitative estimate of drug-likeness (QED) is 0.357. The topological polar surface area (TPSA) is 91.8 Å². The summed E-state index contributed by atoms with van der Waals surface area (Å²) in [6.45, 7) is 0.138. The molecule has 4 aromatic rings. The Hall–Kier alpha value is -3.48. The van der Waals surface area contributed by atoms with Crippen LogP contribution in [-0.4, -0.2) is 28.9 Å². The normalized spacial score (nSPS) is 14.3. The number of para-hydroxylation sites is 2. The summed E-state index contributed by atoms with van der Waals surface area (Å²) in [7, 11) is 1.50. The Bertz CT molecular complexity index is 1410. The van der Waals surface area contributed by atoms with Crippen molar-refractivity contribution in [3.05, 3.63) is 81.6 Å². The van der Waals surface area contributed by atoms with Crippen LogP contribution in [0.2, 0.25) is 5.02 Å². The van der Waals surface area contributed by atoms with Crippen molar-refractivity contribution in [3.63, 3.8) is 0 Å². The maximum absolute atomic E-state index is 12.6. The van der Waals surface area contributed by atoms with E-state index in [9.17, 15) is 15.0 Å². The number of nitrogens with one attached hydrogen (secondary N) is 1. The summed E-state index contributed by atoms with van der Waals surface area (Å²) in [5.41, 5.74) is 2.36. The third-order valence-electron chi connectivity index (χ3n) is 6.28. The number of aromatic hydroxyl groups is 1. The fraction of sp³-hybridized carbons (Fsp3) is 0.192. The molecule has 1 heterocycles. The summed E-state index contributed by atoms with van der Waals surface area (Å²) in [5.74, 6) is 0.230. The number of hydrogen-bond acceptors (Lipinski definition) is 5. The predicted molar refractivity (Wildman–Crippen MR) is 128 cm³/mol. The Morgan fingerprint density at radius 3 is 2.39 bits per heavy atom. The zero-order chi connectivity index (χ0) is 23.2. The van der Waals surface area contributed by atoms with Gasteiger partial charge in [0, 0.05) is 16.4 Å². The molecule has 0 atom stereocenters. The van der Waals surface area contributed by atoms with E-state index in [0.29, 0.717) is 33.0 Å². The third-order valence-corrected chi connectivity index (χ3v) is 6.59. The van der Waals surface area contributed by atoms with Gasteiger partial charge >= 0.3 is 0 Å². The van der Waals surface area contributed by atoms with Crippen LogP contribution >= 0.6 is 11.6 Å². The lowest BCUT2D eigenvalue weighted by atomic mass is 9.94. The van der Waals surface area contributed by atoms with E-state index in [-0.39, 0.29) is 23.5 Å². The van der Waals surface area contributed by atoms with Crippen LogP contribution in [0.1, 0.15) is 18.4 Å². The number of ether oxygens (including phenoxy) is 2. The fourth-order valence-corrected chi connectivity index (χ4v) is 4.38. The van der Waals surface area contributed by atoms with Gasteiger partial charge in [0.15, 0.2) is 17.2 Å². The number of aromatic nitrogens is 1. The van der Waals surface area contributed by atoms with Crippen LogP contribution in [0.5, 0.6) is 23.0 Å². The van der Waals surface area contributed by atoms with Crippen molar-refractivity contribution in [1.29, 1.82) is 0 Å². The van der Waals surface area contributed by atoms with Gasteiger partial charge in [-0.1, -0.05) is 48.0 Å². The molecule has 1 aliphatic carbocycles. The van der Waals surface area contributed by atoms with E-state index in [1.54, 1.807) is 36.4 Å². The first-order valence-corrected chi connectivity index (χ1v) is 10.9. The van der Waals surface area contributed by atoms with Crippen LogP contribution < -0.4 is 15.0 Å². The van der Waals surface area contributed by atoms with Gasteiger partial charge in [0.2, 0.25) is 5.75 Å². The number of fused-ring (bicyclic) bond motifs is 1. The van der Waals surface area contributed by atoms with Gasteiger partial charge < -0.3 is 24.7 Å². The molecule has 0 bridgehead atoms. The Labute approximate surface area is 195 Å². The lowest BCUT2D eigenvalue weighted by Crippen LogP contribution is -2.11. The second-order valence-corrected chi connectivity index (χ2v) is 8.69. The second kappa shape index (κ2) is 8.14. The third kappa shape index (κ3) is 3.71. The average molecular weight is 464 g/mol. The summed E-state index contributed by atoms with van der Waals surface area (Å²) in [4.78, 5) is 15.4. The Kier molecular flexibility index (Phi) is 5.27. The summed E-state index contributed by atoms with van der Waals surface area (Å²) in [5, 5.41) is 21.5. The molecule has 5 rings (SSSR count). The molecule has 0 radical (unpaired) electrons. The number of halogens is 1. The first-order valence-electron chi connectivity index (χ1n) is 10.6. The van der Waals surface area contributed by atoms with E-state index >= 15 is 0 Å². The van der Waals surface area contributed by atoms with Crippen LogP contribution in [0.4, 0.5) is 0 Å². The van der Waals surface area contributed by atoms with E-state index < -0.39 is 5.56 Å². The molecule has 3 N–H and O–H groups in total. The molecule has 1 fully saturated rings. The Morgan fingerprint density at radius 1 is 1.06 bits per heavy atom. The number of rotatable bonds is 6. The first kappa shape index (κ1) is 21.4. The Morgan fingerprint density at radius 2 is 1.76 bits per heavy atom. The predicted octanol–water partition coefficient (Wildman–Crippen LogP) is 5.38. The summed E-state index contributed by atoms with van der Waals surface area (Å²) < 4.78 is 11.0. The number of H-pyrrole nitrogens is 1. The minimum absolute atomic E-state index is 0.117. The number of hydrogen-bond donors (Lipinski definition) is 3. The van der Waals surface area contributed by atoms with Gasteiger partial charge in [-0.2, -0.15) is 0 Å². The zero-order valence-corrected chi connectivity index (χ0v) is 18.6. The molecule has 0 spiro atoms. The van der Waals surface area contributed by atoms with E-state index in [1.807, 2.05) is 24.3 Å². The van der Waals surface area contributed by atoms with Crippen molar-refractivity contribution in [3.8, 4) is 34.1 Å². The molecule has 33 heavy (non-hydrogen) atoms. The lowest BCUT2D eigenvalue weighted by molar-refractivity contribution is 0.255. The molecule has 168 valence electrons. The number of pyridine rings is 1. The highest BCUT2D eigenvalue weighted by Gasteiger charge is 2.43. The van der Waals surface area contributed by atoms with Crippen LogP contribution in [0, 0.1) is 0 Å².